The van der Waals surface area contributed by atoms with Crippen LogP contribution >= 0.6 is 0 Å². The standard InChI is InChI=1S/C27H31F2N5O2/c1-16-5-4-6-17(2)24(16)34-25(18-13-21(29)23(14-20(18)28)31-26(30)35)19-15-33(10-7-22(19)32-34)27(3)8-11-36-12-9-27/h4-6,13-14H,7-12,15H2,1-3H3,(H3,30,31,35). The first-order valence-electron chi connectivity index (χ1n) is 12.2. The lowest BCUT2D eigenvalue weighted by atomic mass is 9.87. The zero-order valence-electron chi connectivity index (χ0n) is 20.8. The fraction of sp³-hybridized carbons (Fsp3) is 0.407. The Kier molecular flexibility index (Phi) is 6.30. The summed E-state index contributed by atoms with van der Waals surface area (Å²) < 4.78 is 38.0. The SMILES string of the molecule is Cc1cccc(C)c1-n1nc2c(c1-c1cc(F)c(NC(N)=O)cc1F)CN(C1(C)CCOCC1)CC2. The molecule has 1 aromatic heterocycles. The molecule has 5 rings (SSSR count). The summed E-state index contributed by atoms with van der Waals surface area (Å²) in [6.07, 6.45) is 2.54. The molecular formula is C27H31F2N5O2. The first kappa shape index (κ1) is 24.4. The maximum Gasteiger partial charge on any atom is 0.316 e. The molecule has 0 aliphatic carbocycles. The van der Waals surface area contributed by atoms with Gasteiger partial charge in [-0.1, -0.05) is 18.2 Å². The van der Waals surface area contributed by atoms with Crippen molar-refractivity contribution in [2.45, 2.75) is 52.1 Å². The monoisotopic (exact) mass is 495 g/mol. The molecule has 7 nitrogen and oxygen atoms in total. The third-order valence-corrected chi connectivity index (χ3v) is 7.59. The number of rotatable bonds is 4. The van der Waals surface area contributed by atoms with Gasteiger partial charge in [0.2, 0.25) is 0 Å². The number of nitrogens with one attached hydrogen (secondary N) is 1. The maximum absolute atomic E-state index is 15.6. The minimum Gasteiger partial charge on any atom is -0.381 e. The molecule has 2 aromatic carbocycles. The fourth-order valence-corrected chi connectivity index (χ4v) is 5.50. The van der Waals surface area contributed by atoms with Crippen molar-refractivity contribution in [1.82, 2.24) is 14.7 Å². The van der Waals surface area contributed by atoms with Gasteiger partial charge in [-0.3, -0.25) is 4.90 Å². The van der Waals surface area contributed by atoms with Crippen molar-refractivity contribution in [1.29, 1.82) is 0 Å². The number of nitrogens with zero attached hydrogens (tertiary/aromatic N) is 3. The average molecular weight is 496 g/mol. The van der Waals surface area contributed by atoms with Gasteiger partial charge >= 0.3 is 6.03 Å². The van der Waals surface area contributed by atoms with Crippen LogP contribution in [0.1, 0.15) is 42.1 Å². The van der Waals surface area contributed by atoms with Crippen LogP contribution in [0.2, 0.25) is 0 Å². The molecule has 0 bridgehead atoms. The third-order valence-electron chi connectivity index (χ3n) is 7.59. The van der Waals surface area contributed by atoms with Gasteiger partial charge in [0, 0.05) is 55.5 Å². The van der Waals surface area contributed by atoms with Gasteiger partial charge in [0.15, 0.2) is 0 Å². The van der Waals surface area contributed by atoms with Crippen LogP contribution in [0.3, 0.4) is 0 Å². The van der Waals surface area contributed by atoms with Gasteiger partial charge in [0.05, 0.1) is 22.8 Å². The van der Waals surface area contributed by atoms with Gasteiger partial charge in [-0.2, -0.15) is 5.10 Å². The lowest BCUT2D eigenvalue weighted by Gasteiger charge is -2.45. The average Bonchev–Trinajstić information content (AvgIpc) is 3.19. The zero-order valence-corrected chi connectivity index (χ0v) is 20.8. The van der Waals surface area contributed by atoms with Gasteiger partial charge in [-0.25, -0.2) is 18.3 Å². The largest absolute Gasteiger partial charge is 0.381 e. The lowest BCUT2D eigenvalue weighted by molar-refractivity contribution is -0.0252. The maximum atomic E-state index is 15.6. The Bertz CT molecular complexity index is 1310. The van der Waals surface area contributed by atoms with E-state index < -0.39 is 17.7 Å². The van der Waals surface area contributed by atoms with E-state index in [1.807, 2.05) is 32.0 Å². The molecule has 3 N–H and O–H groups in total. The van der Waals surface area contributed by atoms with E-state index in [1.165, 1.54) is 0 Å². The second kappa shape index (κ2) is 9.29. The number of hydrogen-bond acceptors (Lipinski definition) is 4. The topological polar surface area (TPSA) is 85.4 Å². The molecule has 0 spiro atoms. The van der Waals surface area contributed by atoms with E-state index in [9.17, 15) is 4.79 Å². The van der Waals surface area contributed by atoms with Gasteiger partial charge in [0.25, 0.3) is 0 Å². The summed E-state index contributed by atoms with van der Waals surface area (Å²) in [6, 6.07) is 7.08. The molecule has 0 unspecified atom stereocenters. The number of hydrogen-bond donors (Lipinski definition) is 2. The highest BCUT2D eigenvalue weighted by Crippen LogP contribution is 2.40. The number of benzene rings is 2. The van der Waals surface area contributed by atoms with Crippen LogP contribution in [0.25, 0.3) is 16.9 Å². The number of aryl methyl sites for hydroxylation is 2. The molecule has 0 saturated carbocycles. The van der Waals surface area contributed by atoms with Crippen molar-refractivity contribution in [3.8, 4) is 16.9 Å². The Balaban J connectivity index is 1.69. The second-order valence-electron chi connectivity index (χ2n) is 10.0. The molecule has 1 saturated heterocycles. The smallest absolute Gasteiger partial charge is 0.316 e. The predicted octanol–water partition coefficient (Wildman–Crippen LogP) is 4.85. The molecule has 2 amide bonds. The van der Waals surface area contributed by atoms with Crippen molar-refractivity contribution in [3.05, 3.63) is 64.4 Å². The first-order valence-corrected chi connectivity index (χ1v) is 12.2. The quantitative estimate of drug-likeness (QED) is 0.542. The molecule has 190 valence electrons. The highest BCUT2D eigenvalue weighted by atomic mass is 19.1. The predicted molar refractivity (Wildman–Crippen MR) is 134 cm³/mol. The van der Waals surface area contributed by atoms with E-state index in [2.05, 4.69) is 17.1 Å². The van der Waals surface area contributed by atoms with E-state index in [0.717, 1.165) is 59.6 Å². The Labute approximate surface area is 209 Å². The van der Waals surface area contributed by atoms with Crippen molar-refractivity contribution in [2.75, 3.05) is 25.1 Å². The molecule has 3 heterocycles. The number of para-hydroxylation sites is 1. The first-order chi connectivity index (χ1) is 17.2. The van der Waals surface area contributed by atoms with Crippen molar-refractivity contribution >= 4 is 11.7 Å². The van der Waals surface area contributed by atoms with E-state index >= 15 is 8.78 Å². The summed E-state index contributed by atoms with van der Waals surface area (Å²) >= 11 is 0. The lowest BCUT2D eigenvalue weighted by Crippen LogP contribution is -2.51. The van der Waals surface area contributed by atoms with Crippen molar-refractivity contribution in [3.63, 3.8) is 0 Å². The number of urea groups is 1. The van der Waals surface area contributed by atoms with Crippen molar-refractivity contribution in [2.24, 2.45) is 5.73 Å². The summed E-state index contributed by atoms with van der Waals surface area (Å²) in [5.74, 6) is -1.43. The number of ether oxygens (including phenoxy) is 1. The van der Waals surface area contributed by atoms with Crippen LogP contribution in [0.5, 0.6) is 0 Å². The number of halogens is 2. The number of carbonyl (C=O) groups is 1. The van der Waals surface area contributed by atoms with Crippen LogP contribution in [-0.2, 0) is 17.7 Å². The number of primary amides is 1. The number of amides is 2. The Morgan fingerprint density at radius 2 is 1.83 bits per heavy atom. The molecule has 36 heavy (non-hydrogen) atoms. The van der Waals surface area contributed by atoms with E-state index in [4.69, 9.17) is 15.6 Å². The van der Waals surface area contributed by atoms with Crippen LogP contribution in [0.15, 0.2) is 30.3 Å². The summed E-state index contributed by atoms with van der Waals surface area (Å²) in [5, 5.41) is 7.10. The number of fused-ring (bicyclic) bond motifs is 1. The van der Waals surface area contributed by atoms with E-state index in [-0.39, 0.29) is 16.8 Å². The summed E-state index contributed by atoms with van der Waals surface area (Å²) in [4.78, 5) is 13.7. The van der Waals surface area contributed by atoms with E-state index in [1.54, 1.807) is 4.68 Å². The van der Waals surface area contributed by atoms with E-state index in [0.29, 0.717) is 31.9 Å². The summed E-state index contributed by atoms with van der Waals surface area (Å²) in [5.41, 5.74) is 10.0. The van der Waals surface area contributed by atoms with Gasteiger partial charge in [0.1, 0.15) is 11.6 Å². The minimum atomic E-state index is -0.959. The molecule has 1 fully saturated rings. The Morgan fingerprint density at radius 1 is 1.14 bits per heavy atom. The number of anilines is 1. The zero-order chi connectivity index (χ0) is 25.6. The van der Waals surface area contributed by atoms with Gasteiger partial charge < -0.3 is 15.8 Å². The molecule has 2 aliphatic heterocycles. The van der Waals surface area contributed by atoms with Crippen LogP contribution in [-0.4, -0.2) is 46.0 Å². The number of carbonyl (C=O) groups excluding carboxylic acids is 1. The Morgan fingerprint density at radius 3 is 2.50 bits per heavy atom. The van der Waals surface area contributed by atoms with Crippen LogP contribution < -0.4 is 11.1 Å². The highest BCUT2D eigenvalue weighted by molar-refractivity contribution is 5.88. The van der Waals surface area contributed by atoms with Crippen LogP contribution in [0, 0.1) is 25.5 Å². The molecular weight excluding hydrogens is 464 g/mol. The van der Waals surface area contributed by atoms with Gasteiger partial charge in [-0.15, -0.1) is 0 Å². The normalized spacial score (nSPS) is 17.6. The van der Waals surface area contributed by atoms with Crippen molar-refractivity contribution < 1.29 is 18.3 Å². The minimum absolute atomic E-state index is 0.0348. The summed E-state index contributed by atoms with van der Waals surface area (Å²) in [7, 11) is 0. The summed E-state index contributed by atoms with van der Waals surface area (Å²) in [6.45, 7) is 9.06. The Hall–Kier alpha value is -3.30. The number of aromatic nitrogens is 2. The molecule has 2 aliphatic rings. The second-order valence-corrected chi connectivity index (χ2v) is 10.0. The molecule has 0 atom stereocenters. The van der Waals surface area contributed by atoms with Gasteiger partial charge in [-0.05, 0) is 50.8 Å². The molecule has 3 aromatic rings. The van der Waals surface area contributed by atoms with Crippen LogP contribution in [0.4, 0.5) is 19.3 Å². The third kappa shape index (κ3) is 4.26. The highest BCUT2D eigenvalue weighted by Gasteiger charge is 2.38. The number of nitrogens with two attached hydrogens (primary N) is 1. The molecule has 9 heteroatoms. The fourth-order valence-electron chi connectivity index (χ4n) is 5.50. The molecule has 0 radical (unpaired) electrons.